The molecule has 0 aliphatic carbocycles. The van der Waals surface area contributed by atoms with Crippen LogP contribution in [0.4, 0.5) is 4.39 Å². The van der Waals surface area contributed by atoms with E-state index in [9.17, 15) is 4.39 Å². The first-order valence-corrected chi connectivity index (χ1v) is 8.02. The first-order chi connectivity index (χ1) is 12.1. The molecule has 128 valence electrons. The van der Waals surface area contributed by atoms with E-state index >= 15 is 0 Å². The molecule has 0 fully saturated rings. The summed E-state index contributed by atoms with van der Waals surface area (Å²) >= 11 is 0. The average Bonchev–Trinajstić information content (AvgIpc) is 3.06. The summed E-state index contributed by atoms with van der Waals surface area (Å²) in [6, 6.07) is 6.59. The number of nitrogens with zero attached hydrogens (tertiary/aromatic N) is 4. The molecule has 0 spiro atoms. The maximum Gasteiger partial charge on any atom is 0.174 e. The Morgan fingerprint density at radius 1 is 1.36 bits per heavy atom. The molecule has 0 saturated heterocycles. The number of aliphatic imine (C=N–C) groups is 1. The minimum absolute atomic E-state index is 0.0452. The van der Waals surface area contributed by atoms with Gasteiger partial charge >= 0.3 is 0 Å². The lowest BCUT2D eigenvalue weighted by atomic mass is 10.1. The predicted molar refractivity (Wildman–Crippen MR) is 95.8 cm³/mol. The van der Waals surface area contributed by atoms with Crippen LogP contribution in [0, 0.1) is 11.2 Å². The van der Waals surface area contributed by atoms with Gasteiger partial charge in [-0.1, -0.05) is 18.2 Å². The van der Waals surface area contributed by atoms with Crippen molar-refractivity contribution in [3.8, 4) is 0 Å². The number of halogens is 1. The van der Waals surface area contributed by atoms with Crippen molar-refractivity contribution in [3.63, 3.8) is 0 Å². The van der Waals surface area contributed by atoms with Crippen LogP contribution >= 0.6 is 0 Å². The first-order valence-electron chi connectivity index (χ1n) is 8.02. The summed E-state index contributed by atoms with van der Waals surface area (Å²) in [5, 5.41) is 11.2. The maximum absolute atomic E-state index is 14.0. The fourth-order valence-electron chi connectivity index (χ4n) is 2.57. The summed E-state index contributed by atoms with van der Waals surface area (Å²) in [4.78, 5) is 13.0. The van der Waals surface area contributed by atoms with E-state index in [-0.39, 0.29) is 11.7 Å². The smallest absolute Gasteiger partial charge is 0.174 e. The molecule has 6 nitrogen and oxygen atoms in total. The standard InChI is InChI=1S/C18H19FN6/c1-3-21-12(2)23-17(20)16-11-25-9-8-22-18(25)15(24-16)10-13-6-4-5-7-14(13)19/h4-9,11H,3,10H2,1-2H3,(H2,20,21,23). The van der Waals surface area contributed by atoms with Crippen LogP contribution < -0.4 is 5.32 Å². The summed E-state index contributed by atoms with van der Waals surface area (Å²) in [7, 11) is 0. The number of hydrogen-bond acceptors (Lipinski definition) is 3. The zero-order valence-electron chi connectivity index (χ0n) is 14.1. The van der Waals surface area contributed by atoms with Gasteiger partial charge in [-0.3, -0.25) is 5.41 Å². The topological polar surface area (TPSA) is 78.4 Å². The summed E-state index contributed by atoms with van der Waals surface area (Å²) in [6.45, 7) is 4.49. The lowest BCUT2D eigenvalue weighted by Crippen LogP contribution is -2.21. The van der Waals surface area contributed by atoms with Crippen LogP contribution in [0.5, 0.6) is 0 Å². The Morgan fingerprint density at radius 2 is 2.16 bits per heavy atom. The molecular formula is C18H19FN6. The summed E-state index contributed by atoms with van der Waals surface area (Å²) < 4.78 is 15.8. The molecule has 0 aliphatic heterocycles. The average molecular weight is 338 g/mol. The molecule has 0 atom stereocenters. The Hall–Kier alpha value is -3.09. The van der Waals surface area contributed by atoms with E-state index < -0.39 is 0 Å². The maximum atomic E-state index is 14.0. The van der Waals surface area contributed by atoms with Crippen molar-refractivity contribution < 1.29 is 4.39 Å². The van der Waals surface area contributed by atoms with E-state index in [4.69, 9.17) is 5.41 Å². The van der Waals surface area contributed by atoms with Gasteiger partial charge in [-0.15, -0.1) is 0 Å². The predicted octanol–water partition coefficient (Wildman–Crippen LogP) is 2.81. The second-order valence-electron chi connectivity index (χ2n) is 5.58. The number of rotatable bonds is 4. The van der Waals surface area contributed by atoms with Gasteiger partial charge < -0.3 is 9.72 Å². The number of imidazole rings is 1. The summed E-state index contributed by atoms with van der Waals surface area (Å²) in [6.07, 6.45) is 5.43. The third-order valence-corrected chi connectivity index (χ3v) is 3.71. The van der Waals surface area contributed by atoms with Crippen LogP contribution in [0.3, 0.4) is 0 Å². The number of hydrogen-bond donors (Lipinski definition) is 2. The molecule has 0 aliphatic rings. The van der Waals surface area contributed by atoms with Crippen molar-refractivity contribution >= 4 is 17.3 Å². The van der Waals surface area contributed by atoms with Gasteiger partial charge in [0, 0.05) is 31.6 Å². The molecule has 0 amide bonds. The van der Waals surface area contributed by atoms with Gasteiger partial charge in [-0.25, -0.2) is 19.4 Å². The highest BCUT2D eigenvalue weighted by Crippen LogP contribution is 2.16. The highest BCUT2D eigenvalue weighted by atomic mass is 19.1. The Balaban J connectivity index is 2.01. The molecule has 2 aromatic heterocycles. The normalized spacial score (nSPS) is 11.7. The van der Waals surface area contributed by atoms with Gasteiger partial charge in [0.25, 0.3) is 0 Å². The number of aromatic nitrogens is 3. The lowest BCUT2D eigenvalue weighted by molar-refractivity contribution is 0.613. The molecule has 3 rings (SSSR count). The molecule has 2 N–H and O–H groups in total. The van der Waals surface area contributed by atoms with Gasteiger partial charge in [-0.05, 0) is 25.5 Å². The van der Waals surface area contributed by atoms with Crippen LogP contribution in [0.15, 0.2) is 47.8 Å². The third-order valence-electron chi connectivity index (χ3n) is 3.71. The molecule has 3 aromatic rings. The third kappa shape index (κ3) is 3.71. The van der Waals surface area contributed by atoms with Gasteiger partial charge in [0.2, 0.25) is 0 Å². The van der Waals surface area contributed by atoms with Crippen LogP contribution in [0.25, 0.3) is 5.65 Å². The van der Waals surface area contributed by atoms with E-state index in [0.29, 0.717) is 34.9 Å². The molecule has 0 radical (unpaired) electrons. The monoisotopic (exact) mass is 338 g/mol. The van der Waals surface area contributed by atoms with E-state index in [2.05, 4.69) is 20.3 Å². The lowest BCUT2D eigenvalue weighted by Gasteiger charge is -2.08. The number of fused-ring (bicyclic) bond motifs is 1. The van der Waals surface area contributed by atoms with Crippen molar-refractivity contribution in [1.29, 1.82) is 5.41 Å². The number of amidine groups is 2. The Morgan fingerprint density at radius 3 is 2.92 bits per heavy atom. The molecular weight excluding hydrogens is 319 g/mol. The largest absolute Gasteiger partial charge is 0.374 e. The van der Waals surface area contributed by atoms with Gasteiger partial charge in [0.1, 0.15) is 17.3 Å². The molecule has 25 heavy (non-hydrogen) atoms. The quantitative estimate of drug-likeness (QED) is 0.567. The van der Waals surface area contributed by atoms with Crippen LogP contribution in [0.1, 0.15) is 30.8 Å². The SMILES string of the molecule is CCN/C(C)=N\C(=N)c1cn2ccnc2c(Cc2ccccc2F)n1. The fraction of sp³-hybridized carbons (Fsp3) is 0.222. The molecule has 2 heterocycles. The Kier molecular flexibility index (Phi) is 4.83. The molecule has 1 aromatic carbocycles. The fourth-order valence-corrected chi connectivity index (χ4v) is 2.57. The van der Waals surface area contributed by atoms with Crippen molar-refractivity contribution in [2.45, 2.75) is 20.3 Å². The van der Waals surface area contributed by atoms with Crippen molar-refractivity contribution in [1.82, 2.24) is 19.7 Å². The van der Waals surface area contributed by atoms with Gasteiger partial charge in [0.15, 0.2) is 11.5 Å². The van der Waals surface area contributed by atoms with Crippen molar-refractivity contribution in [2.24, 2.45) is 4.99 Å². The van der Waals surface area contributed by atoms with Crippen LogP contribution in [0.2, 0.25) is 0 Å². The van der Waals surface area contributed by atoms with Crippen LogP contribution in [-0.2, 0) is 6.42 Å². The zero-order chi connectivity index (χ0) is 17.8. The number of nitrogens with one attached hydrogen (secondary N) is 2. The summed E-state index contributed by atoms with van der Waals surface area (Å²) in [5.74, 6) is 0.412. The Bertz CT molecular complexity index is 944. The highest BCUT2D eigenvalue weighted by Gasteiger charge is 2.13. The first kappa shape index (κ1) is 16.8. The molecule has 7 heteroatoms. The molecule has 0 saturated carbocycles. The summed E-state index contributed by atoms with van der Waals surface area (Å²) in [5.41, 5.74) is 2.20. The minimum atomic E-state index is -0.282. The minimum Gasteiger partial charge on any atom is -0.374 e. The highest BCUT2D eigenvalue weighted by molar-refractivity contribution is 6.03. The second-order valence-corrected chi connectivity index (χ2v) is 5.58. The Labute approximate surface area is 145 Å². The van der Waals surface area contributed by atoms with Crippen molar-refractivity contribution in [3.05, 3.63) is 65.6 Å². The second kappa shape index (κ2) is 7.21. The van der Waals surface area contributed by atoms with E-state index in [1.807, 2.05) is 6.92 Å². The zero-order valence-corrected chi connectivity index (χ0v) is 14.1. The number of benzene rings is 1. The van der Waals surface area contributed by atoms with E-state index in [1.54, 1.807) is 48.1 Å². The van der Waals surface area contributed by atoms with Crippen LogP contribution in [-0.4, -0.2) is 32.6 Å². The molecule has 0 unspecified atom stereocenters. The van der Waals surface area contributed by atoms with E-state index in [0.717, 1.165) is 6.54 Å². The van der Waals surface area contributed by atoms with Crippen molar-refractivity contribution in [2.75, 3.05) is 6.54 Å². The molecule has 0 bridgehead atoms. The van der Waals surface area contributed by atoms with Gasteiger partial charge in [0.05, 0.1) is 5.69 Å². The van der Waals surface area contributed by atoms with E-state index in [1.165, 1.54) is 6.07 Å². The van der Waals surface area contributed by atoms with Gasteiger partial charge in [-0.2, -0.15) is 0 Å².